The summed E-state index contributed by atoms with van der Waals surface area (Å²) in [6.07, 6.45) is -1.35. The lowest BCUT2D eigenvalue weighted by Crippen LogP contribution is -2.60. The van der Waals surface area contributed by atoms with Crippen LogP contribution in [-0.2, 0) is 9.53 Å². The normalized spacial score (nSPS) is 29.1. The van der Waals surface area contributed by atoms with E-state index in [-0.39, 0.29) is 6.42 Å². The van der Waals surface area contributed by atoms with Gasteiger partial charge in [0.05, 0.1) is 18.1 Å². The van der Waals surface area contributed by atoms with Crippen molar-refractivity contribution in [1.29, 1.82) is 0 Å². The maximum Gasteiger partial charge on any atom is 0.407 e. The highest BCUT2D eigenvalue weighted by Crippen LogP contribution is 2.28. The molecule has 0 aliphatic heterocycles. The number of alkyl carbamates (subject to hydrolysis) is 1. The van der Waals surface area contributed by atoms with E-state index in [9.17, 15) is 14.7 Å². The van der Waals surface area contributed by atoms with Crippen molar-refractivity contribution < 1.29 is 24.5 Å². The molecule has 0 aromatic carbocycles. The van der Waals surface area contributed by atoms with Crippen molar-refractivity contribution in [3.8, 4) is 0 Å². The summed E-state index contributed by atoms with van der Waals surface area (Å²) in [7, 11) is 0. The van der Waals surface area contributed by atoms with Gasteiger partial charge >= 0.3 is 12.1 Å². The van der Waals surface area contributed by atoms with Crippen LogP contribution in [-0.4, -0.2) is 40.0 Å². The van der Waals surface area contributed by atoms with Gasteiger partial charge in [0.1, 0.15) is 5.60 Å². The lowest BCUT2D eigenvalue weighted by atomic mass is 9.77. The van der Waals surface area contributed by atoms with E-state index < -0.39 is 35.7 Å². The quantitative estimate of drug-likeness (QED) is 0.637. The number of carboxylic acid groups (broad SMARTS) is 1. The van der Waals surface area contributed by atoms with Crippen LogP contribution in [0.2, 0.25) is 0 Å². The molecule has 1 saturated carbocycles. The molecule has 0 spiro atoms. The first-order chi connectivity index (χ1) is 7.20. The zero-order valence-corrected chi connectivity index (χ0v) is 9.56. The van der Waals surface area contributed by atoms with Gasteiger partial charge in [0.2, 0.25) is 0 Å². The molecule has 0 bridgehead atoms. The number of hydrogen-bond acceptors (Lipinski definition) is 4. The lowest BCUT2D eigenvalue weighted by Gasteiger charge is -2.39. The smallest absolute Gasteiger partial charge is 0.407 e. The molecule has 6 nitrogen and oxygen atoms in total. The standard InChI is InChI=1S/C10H17NO5/c1-10(2,3)16-9(15)11-7-5(8(13)14)4-6(7)12/h5-7,12H,4H2,1-3H3,(H,11,15)(H,13,14). The SMILES string of the molecule is CC(C)(C)OC(=O)NC1C(O)CC1C(=O)O. The zero-order valence-electron chi connectivity index (χ0n) is 9.56. The van der Waals surface area contributed by atoms with Crippen LogP contribution in [0.4, 0.5) is 4.79 Å². The topological polar surface area (TPSA) is 95.9 Å². The molecule has 16 heavy (non-hydrogen) atoms. The number of rotatable bonds is 2. The Morgan fingerprint density at radius 2 is 1.94 bits per heavy atom. The molecular formula is C10H17NO5. The van der Waals surface area contributed by atoms with Gasteiger partial charge in [-0.25, -0.2) is 4.79 Å². The second kappa shape index (κ2) is 4.29. The fraction of sp³-hybridized carbons (Fsp3) is 0.800. The summed E-state index contributed by atoms with van der Waals surface area (Å²) in [6, 6.07) is -0.757. The number of carboxylic acids is 1. The first-order valence-corrected chi connectivity index (χ1v) is 5.11. The van der Waals surface area contributed by atoms with Gasteiger partial charge in [0, 0.05) is 0 Å². The van der Waals surface area contributed by atoms with E-state index in [1.54, 1.807) is 20.8 Å². The van der Waals surface area contributed by atoms with Crippen LogP contribution in [0, 0.1) is 5.92 Å². The number of hydrogen-bond donors (Lipinski definition) is 3. The molecule has 1 aliphatic rings. The summed E-state index contributed by atoms with van der Waals surface area (Å²) in [5, 5.41) is 20.5. The summed E-state index contributed by atoms with van der Waals surface area (Å²) in [5.74, 6) is -1.76. The molecule has 3 unspecified atom stereocenters. The van der Waals surface area contributed by atoms with Gasteiger partial charge in [-0.3, -0.25) is 4.79 Å². The van der Waals surface area contributed by atoms with Gasteiger partial charge in [-0.15, -0.1) is 0 Å². The summed E-state index contributed by atoms with van der Waals surface area (Å²) in [6.45, 7) is 5.12. The molecule has 3 N–H and O–H groups in total. The third-order valence-electron chi connectivity index (χ3n) is 2.34. The van der Waals surface area contributed by atoms with Crippen molar-refractivity contribution >= 4 is 12.1 Å². The van der Waals surface area contributed by atoms with E-state index in [2.05, 4.69) is 5.32 Å². The van der Waals surface area contributed by atoms with Crippen molar-refractivity contribution in [3.05, 3.63) is 0 Å². The Labute approximate surface area is 93.6 Å². The molecule has 3 atom stereocenters. The molecule has 0 aromatic heterocycles. The maximum absolute atomic E-state index is 11.3. The Hall–Kier alpha value is -1.30. The number of aliphatic hydroxyl groups is 1. The van der Waals surface area contributed by atoms with Crippen molar-refractivity contribution in [2.24, 2.45) is 5.92 Å². The van der Waals surface area contributed by atoms with Crippen LogP contribution in [0.25, 0.3) is 0 Å². The molecule has 0 radical (unpaired) electrons. The molecule has 92 valence electrons. The summed E-state index contributed by atoms with van der Waals surface area (Å²) in [5.41, 5.74) is -0.641. The summed E-state index contributed by atoms with van der Waals surface area (Å²) < 4.78 is 4.97. The van der Waals surface area contributed by atoms with Crippen molar-refractivity contribution in [2.45, 2.75) is 44.9 Å². The van der Waals surface area contributed by atoms with Gasteiger partial charge in [-0.2, -0.15) is 0 Å². The molecular weight excluding hydrogens is 214 g/mol. The Kier molecular flexibility index (Phi) is 3.42. The average Bonchev–Trinajstić information content (AvgIpc) is 2.07. The minimum Gasteiger partial charge on any atom is -0.481 e. The fourth-order valence-corrected chi connectivity index (χ4v) is 1.52. The van der Waals surface area contributed by atoms with E-state index in [0.29, 0.717) is 0 Å². The minimum absolute atomic E-state index is 0.162. The van der Waals surface area contributed by atoms with Gasteiger partial charge in [-0.1, -0.05) is 0 Å². The predicted molar refractivity (Wildman–Crippen MR) is 54.9 cm³/mol. The highest BCUT2D eigenvalue weighted by molar-refractivity contribution is 5.75. The minimum atomic E-state index is -1.02. The number of carbonyl (C=O) groups is 2. The van der Waals surface area contributed by atoms with E-state index in [0.717, 1.165) is 0 Å². The summed E-state index contributed by atoms with van der Waals surface area (Å²) in [4.78, 5) is 22.0. The van der Waals surface area contributed by atoms with Crippen LogP contribution >= 0.6 is 0 Å². The average molecular weight is 231 g/mol. The van der Waals surface area contributed by atoms with Crippen molar-refractivity contribution in [1.82, 2.24) is 5.32 Å². The largest absolute Gasteiger partial charge is 0.481 e. The molecule has 1 rings (SSSR count). The Morgan fingerprint density at radius 3 is 2.31 bits per heavy atom. The van der Waals surface area contributed by atoms with Crippen LogP contribution in [0.5, 0.6) is 0 Å². The van der Waals surface area contributed by atoms with Crippen LogP contribution in [0.3, 0.4) is 0 Å². The Bertz CT molecular complexity index is 296. The molecule has 1 aliphatic carbocycles. The van der Waals surface area contributed by atoms with Gasteiger partial charge in [0.25, 0.3) is 0 Å². The lowest BCUT2D eigenvalue weighted by molar-refractivity contribution is -0.151. The molecule has 0 saturated heterocycles. The second-order valence-corrected chi connectivity index (χ2v) is 4.92. The van der Waals surface area contributed by atoms with Crippen molar-refractivity contribution in [3.63, 3.8) is 0 Å². The number of carbonyl (C=O) groups excluding carboxylic acids is 1. The van der Waals surface area contributed by atoms with Gasteiger partial charge in [0.15, 0.2) is 0 Å². The van der Waals surface area contributed by atoms with E-state index >= 15 is 0 Å². The predicted octanol–water partition coefficient (Wildman–Crippen LogP) is 0.345. The first-order valence-electron chi connectivity index (χ1n) is 5.11. The first kappa shape index (κ1) is 12.8. The van der Waals surface area contributed by atoms with Gasteiger partial charge in [-0.05, 0) is 27.2 Å². The highest BCUT2D eigenvalue weighted by Gasteiger charge is 2.46. The van der Waals surface area contributed by atoms with Crippen LogP contribution in [0.15, 0.2) is 0 Å². The summed E-state index contributed by atoms with van der Waals surface area (Å²) >= 11 is 0. The second-order valence-electron chi connectivity index (χ2n) is 4.92. The Morgan fingerprint density at radius 1 is 1.38 bits per heavy atom. The number of ether oxygens (including phenoxy) is 1. The van der Waals surface area contributed by atoms with Gasteiger partial charge < -0.3 is 20.3 Å². The number of nitrogens with one attached hydrogen (secondary N) is 1. The third-order valence-corrected chi connectivity index (χ3v) is 2.34. The number of aliphatic carboxylic acids is 1. The monoisotopic (exact) mass is 231 g/mol. The molecule has 1 fully saturated rings. The maximum atomic E-state index is 11.3. The number of amides is 1. The van der Waals surface area contributed by atoms with Crippen molar-refractivity contribution in [2.75, 3.05) is 0 Å². The number of aliphatic hydroxyl groups excluding tert-OH is 1. The Balaban J connectivity index is 2.47. The fourth-order valence-electron chi connectivity index (χ4n) is 1.52. The van der Waals surface area contributed by atoms with Crippen LogP contribution in [0.1, 0.15) is 27.2 Å². The molecule has 6 heteroatoms. The molecule has 0 aromatic rings. The van der Waals surface area contributed by atoms with E-state index in [4.69, 9.17) is 9.84 Å². The highest BCUT2D eigenvalue weighted by atomic mass is 16.6. The third kappa shape index (κ3) is 3.10. The van der Waals surface area contributed by atoms with E-state index in [1.165, 1.54) is 0 Å². The zero-order chi connectivity index (χ0) is 12.5. The molecule has 0 heterocycles. The molecule has 1 amide bonds. The van der Waals surface area contributed by atoms with E-state index in [1.807, 2.05) is 0 Å². The van der Waals surface area contributed by atoms with Crippen LogP contribution < -0.4 is 5.32 Å².